The summed E-state index contributed by atoms with van der Waals surface area (Å²) in [4.78, 5) is 27.8. The quantitative estimate of drug-likeness (QED) is 0.815. The molecule has 0 aromatic heterocycles. The second kappa shape index (κ2) is 8.47. The number of ether oxygens (including phenoxy) is 1. The van der Waals surface area contributed by atoms with Gasteiger partial charge in [0.2, 0.25) is 11.8 Å². The molecule has 27 heavy (non-hydrogen) atoms. The molecule has 8 heteroatoms. The van der Waals surface area contributed by atoms with Crippen molar-refractivity contribution in [3.63, 3.8) is 0 Å². The third-order valence-corrected chi connectivity index (χ3v) is 5.00. The Kier molecular flexibility index (Phi) is 6.05. The molecule has 2 aliphatic heterocycles. The Balaban J connectivity index is 1.71. The number of anilines is 2. The lowest BCUT2D eigenvalue weighted by Crippen LogP contribution is -2.41. The molecule has 0 unspecified atom stereocenters. The number of rotatable bonds is 4. The van der Waals surface area contributed by atoms with Gasteiger partial charge in [0.1, 0.15) is 0 Å². The molecule has 0 atom stereocenters. The van der Waals surface area contributed by atoms with Crippen molar-refractivity contribution in [1.29, 1.82) is 0 Å². The summed E-state index contributed by atoms with van der Waals surface area (Å²) in [6.45, 7) is 6.46. The van der Waals surface area contributed by atoms with Gasteiger partial charge in [0.15, 0.2) is 11.6 Å². The van der Waals surface area contributed by atoms with Crippen LogP contribution in [0.15, 0.2) is 24.8 Å². The minimum absolute atomic E-state index is 0.149. The van der Waals surface area contributed by atoms with E-state index < -0.39 is 11.6 Å². The lowest BCUT2D eigenvalue weighted by molar-refractivity contribution is -0.130. The number of likely N-dealkylation sites (tertiary alicyclic amines) is 1. The lowest BCUT2D eigenvalue weighted by Gasteiger charge is -2.32. The molecular formula is C19H23F2N3O3. The van der Waals surface area contributed by atoms with E-state index in [4.69, 9.17) is 4.74 Å². The zero-order valence-electron chi connectivity index (χ0n) is 15.0. The van der Waals surface area contributed by atoms with Gasteiger partial charge in [0.05, 0.1) is 24.6 Å². The van der Waals surface area contributed by atoms with Crippen LogP contribution in [0.3, 0.4) is 0 Å². The van der Waals surface area contributed by atoms with Crippen molar-refractivity contribution < 1.29 is 23.1 Å². The number of halogens is 2. The van der Waals surface area contributed by atoms with Crippen LogP contribution < -0.4 is 10.2 Å². The summed E-state index contributed by atoms with van der Waals surface area (Å²) in [6, 6.07) is 2.13. The first-order valence-electron chi connectivity index (χ1n) is 9.03. The molecule has 0 aliphatic carbocycles. The summed E-state index contributed by atoms with van der Waals surface area (Å²) in [7, 11) is 0. The summed E-state index contributed by atoms with van der Waals surface area (Å²) < 4.78 is 32.8. The van der Waals surface area contributed by atoms with Crippen LogP contribution in [-0.4, -0.2) is 56.1 Å². The second-order valence-electron chi connectivity index (χ2n) is 6.68. The van der Waals surface area contributed by atoms with Gasteiger partial charge >= 0.3 is 0 Å². The van der Waals surface area contributed by atoms with E-state index >= 15 is 0 Å². The lowest BCUT2D eigenvalue weighted by atomic mass is 9.95. The first-order chi connectivity index (χ1) is 13.0. The summed E-state index contributed by atoms with van der Waals surface area (Å²) in [5.74, 6) is -2.64. The van der Waals surface area contributed by atoms with Crippen LogP contribution in [0.5, 0.6) is 0 Å². The van der Waals surface area contributed by atoms with Crippen LogP contribution in [0.1, 0.15) is 12.8 Å². The highest BCUT2D eigenvalue weighted by Gasteiger charge is 2.28. The van der Waals surface area contributed by atoms with Crippen molar-refractivity contribution >= 4 is 23.2 Å². The highest BCUT2D eigenvalue weighted by Crippen LogP contribution is 2.31. The van der Waals surface area contributed by atoms with Crippen molar-refractivity contribution in [2.45, 2.75) is 12.8 Å². The normalized spacial score (nSPS) is 18.3. The smallest absolute Gasteiger partial charge is 0.245 e. The number of benzene rings is 1. The first-order valence-corrected chi connectivity index (χ1v) is 9.03. The number of morpholine rings is 1. The van der Waals surface area contributed by atoms with E-state index in [0.717, 1.165) is 12.1 Å². The van der Waals surface area contributed by atoms with Crippen molar-refractivity contribution in [3.8, 4) is 0 Å². The SMILES string of the molecule is C=CC(=O)N1CCC(C(=O)Nc2cc(F)c(F)cc2N2CCOCC2)CC1. The van der Waals surface area contributed by atoms with Crippen LogP contribution in [0, 0.1) is 17.6 Å². The van der Waals surface area contributed by atoms with Gasteiger partial charge < -0.3 is 19.9 Å². The zero-order valence-corrected chi connectivity index (χ0v) is 15.0. The summed E-state index contributed by atoms with van der Waals surface area (Å²) in [5.41, 5.74) is 0.704. The van der Waals surface area contributed by atoms with Gasteiger partial charge in [-0.1, -0.05) is 6.58 Å². The molecule has 3 rings (SSSR count). The fourth-order valence-corrected chi connectivity index (χ4v) is 3.43. The maximum atomic E-state index is 13.8. The number of piperidine rings is 1. The number of nitrogens with one attached hydrogen (secondary N) is 1. The summed E-state index contributed by atoms with van der Waals surface area (Å²) in [6.07, 6.45) is 2.29. The molecular weight excluding hydrogens is 356 g/mol. The van der Waals surface area contributed by atoms with E-state index in [9.17, 15) is 18.4 Å². The zero-order chi connectivity index (χ0) is 19.4. The predicted octanol–water partition coefficient (Wildman–Crippen LogP) is 2.16. The number of hydrogen-bond donors (Lipinski definition) is 1. The number of carbonyl (C=O) groups excluding carboxylic acids is 2. The number of carbonyl (C=O) groups is 2. The molecule has 0 bridgehead atoms. The molecule has 1 aromatic carbocycles. The molecule has 1 N–H and O–H groups in total. The fourth-order valence-electron chi connectivity index (χ4n) is 3.43. The highest BCUT2D eigenvalue weighted by molar-refractivity contribution is 5.96. The van der Waals surface area contributed by atoms with Gasteiger partial charge in [-0.05, 0) is 18.9 Å². The van der Waals surface area contributed by atoms with Crippen molar-refractivity contribution in [1.82, 2.24) is 4.90 Å². The third-order valence-electron chi connectivity index (χ3n) is 5.00. The van der Waals surface area contributed by atoms with Crippen LogP contribution in [-0.2, 0) is 14.3 Å². The maximum Gasteiger partial charge on any atom is 0.245 e. The van der Waals surface area contributed by atoms with Crippen LogP contribution in [0.25, 0.3) is 0 Å². The van der Waals surface area contributed by atoms with Crippen LogP contribution >= 0.6 is 0 Å². The van der Waals surface area contributed by atoms with Gasteiger partial charge in [0.25, 0.3) is 0 Å². The van der Waals surface area contributed by atoms with E-state index in [0.29, 0.717) is 57.9 Å². The molecule has 2 fully saturated rings. The Morgan fingerprint density at radius 1 is 1.11 bits per heavy atom. The molecule has 146 valence electrons. The van der Waals surface area contributed by atoms with Gasteiger partial charge in [-0.3, -0.25) is 9.59 Å². The monoisotopic (exact) mass is 379 g/mol. The van der Waals surface area contributed by atoms with E-state index in [2.05, 4.69) is 11.9 Å². The van der Waals surface area contributed by atoms with Gasteiger partial charge in [-0.25, -0.2) is 8.78 Å². The Bertz CT molecular complexity index is 727. The van der Waals surface area contributed by atoms with Gasteiger partial charge in [-0.2, -0.15) is 0 Å². The highest BCUT2D eigenvalue weighted by atomic mass is 19.2. The van der Waals surface area contributed by atoms with E-state index in [-0.39, 0.29) is 23.4 Å². The Morgan fingerprint density at radius 3 is 2.37 bits per heavy atom. The van der Waals surface area contributed by atoms with E-state index in [1.807, 2.05) is 4.90 Å². The van der Waals surface area contributed by atoms with Crippen molar-refractivity contribution in [2.24, 2.45) is 5.92 Å². The standard InChI is InChI=1S/C19H23F2N3O3/c1-2-18(25)24-5-3-13(4-6-24)19(26)22-16-11-14(20)15(21)12-17(16)23-7-9-27-10-8-23/h2,11-13H,1,3-10H2,(H,22,26). The number of hydrogen-bond acceptors (Lipinski definition) is 4. The third kappa shape index (κ3) is 4.44. The van der Waals surface area contributed by atoms with Crippen molar-refractivity contribution in [2.75, 3.05) is 49.6 Å². The van der Waals surface area contributed by atoms with E-state index in [1.54, 1.807) is 4.90 Å². The largest absolute Gasteiger partial charge is 0.378 e. The topological polar surface area (TPSA) is 61.9 Å². The average molecular weight is 379 g/mol. The number of nitrogens with zero attached hydrogens (tertiary/aromatic N) is 2. The van der Waals surface area contributed by atoms with Gasteiger partial charge in [0, 0.05) is 44.2 Å². The molecule has 0 saturated carbocycles. The molecule has 1 aromatic rings. The second-order valence-corrected chi connectivity index (χ2v) is 6.68. The predicted molar refractivity (Wildman–Crippen MR) is 97.5 cm³/mol. The summed E-state index contributed by atoms with van der Waals surface area (Å²) in [5, 5.41) is 2.75. The molecule has 2 heterocycles. The van der Waals surface area contributed by atoms with Crippen LogP contribution in [0.2, 0.25) is 0 Å². The molecule has 6 nitrogen and oxygen atoms in total. The average Bonchev–Trinajstić information content (AvgIpc) is 2.70. The fraction of sp³-hybridized carbons (Fsp3) is 0.474. The number of amides is 2. The summed E-state index contributed by atoms with van der Waals surface area (Å²) >= 11 is 0. The molecule has 2 aliphatic rings. The molecule has 0 spiro atoms. The van der Waals surface area contributed by atoms with Gasteiger partial charge in [-0.15, -0.1) is 0 Å². The molecule has 0 radical (unpaired) electrons. The van der Waals surface area contributed by atoms with Crippen LogP contribution in [0.4, 0.5) is 20.2 Å². The first kappa shape index (κ1) is 19.3. The minimum Gasteiger partial charge on any atom is -0.378 e. The molecule has 2 saturated heterocycles. The maximum absolute atomic E-state index is 13.8. The Hall–Kier alpha value is -2.48. The Labute approximate surface area is 156 Å². The van der Waals surface area contributed by atoms with E-state index in [1.165, 1.54) is 6.08 Å². The van der Waals surface area contributed by atoms with Crippen molar-refractivity contribution in [3.05, 3.63) is 36.4 Å². The minimum atomic E-state index is -1.01. The Morgan fingerprint density at radius 2 is 1.74 bits per heavy atom. The molecule has 2 amide bonds.